The highest BCUT2D eigenvalue weighted by atomic mass is 15.3. The zero-order valence-electron chi connectivity index (χ0n) is 12.3. The molecule has 0 radical (unpaired) electrons. The SMILES string of the molecule is CCCC(CC)(CN)N1CCCN2CCCC2C1. The molecule has 2 aliphatic rings. The van der Waals surface area contributed by atoms with Gasteiger partial charge < -0.3 is 5.73 Å². The summed E-state index contributed by atoms with van der Waals surface area (Å²) >= 11 is 0. The number of fused-ring (bicyclic) bond motifs is 1. The summed E-state index contributed by atoms with van der Waals surface area (Å²) in [6.07, 6.45) is 7.82. The van der Waals surface area contributed by atoms with Crippen LogP contribution in [0, 0.1) is 0 Å². The smallest absolute Gasteiger partial charge is 0.0329 e. The molecule has 18 heavy (non-hydrogen) atoms. The van der Waals surface area contributed by atoms with Crippen LogP contribution in [0.25, 0.3) is 0 Å². The summed E-state index contributed by atoms with van der Waals surface area (Å²) in [4.78, 5) is 5.45. The Morgan fingerprint density at radius 3 is 2.61 bits per heavy atom. The van der Waals surface area contributed by atoms with Gasteiger partial charge in [-0.15, -0.1) is 0 Å². The molecule has 0 aromatic carbocycles. The van der Waals surface area contributed by atoms with E-state index in [0.717, 1.165) is 12.6 Å². The summed E-state index contributed by atoms with van der Waals surface area (Å²) in [7, 11) is 0. The molecule has 0 aromatic heterocycles. The second kappa shape index (κ2) is 6.36. The Hall–Kier alpha value is -0.120. The number of hydrogen-bond acceptors (Lipinski definition) is 3. The van der Waals surface area contributed by atoms with Crippen molar-refractivity contribution in [1.29, 1.82) is 0 Å². The van der Waals surface area contributed by atoms with Gasteiger partial charge in [0.05, 0.1) is 0 Å². The Balaban J connectivity index is 2.09. The van der Waals surface area contributed by atoms with E-state index in [4.69, 9.17) is 5.73 Å². The fourth-order valence-corrected chi connectivity index (χ4v) is 4.04. The Labute approximate surface area is 113 Å². The maximum atomic E-state index is 6.17. The minimum Gasteiger partial charge on any atom is -0.329 e. The van der Waals surface area contributed by atoms with Crippen LogP contribution >= 0.6 is 0 Å². The van der Waals surface area contributed by atoms with Gasteiger partial charge in [0.2, 0.25) is 0 Å². The van der Waals surface area contributed by atoms with Crippen molar-refractivity contribution in [3.8, 4) is 0 Å². The Bertz CT molecular complexity index is 250. The predicted molar refractivity (Wildman–Crippen MR) is 77.8 cm³/mol. The van der Waals surface area contributed by atoms with Crippen molar-refractivity contribution in [2.75, 3.05) is 32.7 Å². The van der Waals surface area contributed by atoms with Crippen molar-refractivity contribution >= 4 is 0 Å². The van der Waals surface area contributed by atoms with Crippen LogP contribution in [0.1, 0.15) is 52.4 Å². The number of nitrogens with two attached hydrogens (primary N) is 1. The maximum Gasteiger partial charge on any atom is 0.0329 e. The first-order valence-corrected chi connectivity index (χ1v) is 7.95. The average molecular weight is 253 g/mol. The van der Waals surface area contributed by atoms with Crippen molar-refractivity contribution in [3.63, 3.8) is 0 Å². The Morgan fingerprint density at radius 2 is 1.94 bits per heavy atom. The minimum atomic E-state index is 0.271. The van der Waals surface area contributed by atoms with Gasteiger partial charge in [-0.25, -0.2) is 0 Å². The zero-order valence-corrected chi connectivity index (χ0v) is 12.3. The summed E-state index contributed by atoms with van der Waals surface area (Å²) < 4.78 is 0. The quantitative estimate of drug-likeness (QED) is 0.814. The van der Waals surface area contributed by atoms with E-state index in [-0.39, 0.29) is 5.54 Å². The van der Waals surface area contributed by atoms with Crippen LogP contribution in [-0.2, 0) is 0 Å². The lowest BCUT2D eigenvalue weighted by Gasteiger charge is -2.43. The molecule has 0 aromatic rings. The molecule has 0 bridgehead atoms. The molecule has 3 nitrogen and oxygen atoms in total. The largest absolute Gasteiger partial charge is 0.329 e. The number of rotatable bonds is 5. The molecule has 2 saturated heterocycles. The van der Waals surface area contributed by atoms with E-state index in [1.54, 1.807) is 0 Å². The van der Waals surface area contributed by atoms with Crippen LogP contribution in [0.15, 0.2) is 0 Å². The van der Waals surface area contributed by atoms with Crippen molar-refractivity contribution in [1.82, 2.24) is 9.80 Å². The molecular formula is C15H31N3. The molecule has 2 N–H and O–H groups in total. The third-order valence-electron chi connectivity index (χ3n) is 5.23. The molecular weight excluding hydrogens is 222 g/mol. The van der Waals surface area contributed by atoms with Gasteiger partial charge in [0.1, 0.15) is 0 Å². The van der Waals surface area contributed by atoms with E-state index >= 15 is 0 Å². The maximum absolute atomic E-state index is 6.17. The first-order valence-electron chi connectivity index (χ1n) is 7.95. The van der Waals surface area contributed by atoms with Crippen LogP contribution < -0.4 is 5.73 Å². The molecule has 2 rings (SSSR count). The van der Waals surface area contributed by atoms with Crippen molar-refractivity contribution in [2.45, 2.75) is 64.0 Å². The van der Waals surface area contributed by atoms with Gasteiger partial charge in [0, 0.05) is 31.2 Å². The molecule has 2 fully saturated rings. The molecule has 2 unspecified atom stereocenters. The number of nitrogens with zero attached hydrogens (tertiary/aromatic N) is 2. The predicted octanol–water partition coefficient (Wildman–Crippen LogP) is 2.06. The van der Waals surface area contributed by atoms with E-state index in [1.807, 2.05) is 0 Å². The normalized spacial score (nSPS) is 29.8. The van der Waals surface area contributed by atoms with E-state index in [0.29, 0.717) is 0 Å². The van der Waals surface area contributed by atoms with Crippen LogP contribution in [0.5, 0.6) is 0 Å². The van der Waals surface area contributed by atoms with Crippen LogP contribution in [-0.4, -0.2) is 54.1 Å². The lowest BCUT2D eigenvalue weighted by molar-refractivity contribution is 0.0716. The van der Waals surface area contributed by atoms with Crippen LogP contribution in [0.3, 0.4) is 0 Å². The standard InChI is InChI=1S/C15H31N3/c1-3-8-15(4-2,13-16)18-11-6-10-17-9-5-7-14(17)12-18/h14H,3-13,16H2,1-2H3. The van der Waals surface area contributed by atoms with Crippen molar-refractivity contribution < 1.29 is 0 Å². The summed E-state index contributed by atoms with van der Waals surface area (Å²) in [6.45, 7) is 10.6. The monoisotopic (exact) mass is 253 g/mol. The third kappa shape index (κ3) is 2.73. The summed E-state index contributed by atoms with van der Waals surface area (Å²) in [5.74, 6) is 0. The minimum absolute atomic E-state index is 0.271. The second-order valence-corrected chi connectivity index (χ2v) is 6.16. The number of hydrogen-bond donors (Lipinski definition) is 1. The van der Waals surface area contributed by atoms with Crippen molar-refractivity contribution in [2.24, 2.45) is 5.73 Å². The molecule has 0 saturated carbocycles. The fourth-order valence-electron chi connectivity index (χ4n) is 4.04. The van der Waals surface area contributed by atoms with E-state index in [2.05, 4.69) is 23.6 Å². The molecule has 2 atom stereocenters. The highest BCUT2D eigenvalue weighted by Gasteiger charge is 2.37. The molecule has 3 heteroatoms. The van der Waals surface area contributed by atoms with Gasteiger partial charge in [0.25, 0.3) is 0 Å². The highest BCUT2D eigenvalue weighted by molar-refractivity contribution is 4.95. The fraction of sp³-hybridized carbons (Fsp3) is 1.00. The van der Waals surface area contributed by atoms with E-state index < -0.39 is 0 Å². The second-order valence-electron chi connectivity index (χ2n) is 6.16. The van der Waals surface area contributed by atoms with E-state index in [1.165, 1.54) is 64.7 Å². The summed E-state index contributed by atoms with van der Waals surface area (Å²) in [5, 5.41) is 0. The molecule has 2 heterocycles. The van der Waals surface area contributed by atoms with E-state index in [9.17, 15) is 0 Å². The Kier molecular flexibility index (Phi) is 5.05. The zero-order chi connectivity index (χ0) is 13.0. The summed E-state index contributed by atoms with van der Waals surface area (Å²) in [5.41, 5.74) is 6.44. The van der Waals surface area contributed by atoms with Crippen LogP contribution in [0.2, 0.25) is 0 Å². The molecule has 0 spiro atoms. The third-order valence-corrected chi connectivity index (χ3v) is 5.23. The van der Waals surface area contributed by atoms with Gasteiger partial charge in [-0.1, -0.05) is 20.3 Å². The lowest BCUT2D eigenvalue weighted by atomic mass is 9.88. The highest BCUT2D eigenvalue weighted by Crippen LogP contribution is 2.30. The molecule has 0 aliphatic carbocycles. The van der Waals surface area contributed by atoms with Gasteiger partial charge in [-0.05, 0) is 45.2 Å². The summed E-state index contributed by atoms with van der Waals surface area (Å²) in [6, 6.07) is 0.807. The van der Waals surface area contributed by atoms with Gasteiger partial charge >= 0.3 is 0 Å². The first-order chi connectivity index (χ1) is 8.75. The van der Waals surface area contributed by atoms with Crippen LogP contribution in [0.4, 0.5) is 0 Å². The lowest BCUT2D eigenvalue weighted by Crippen LogP contribution is -2.55. The molecule has 2 aliphatic heterocycles. The van der Waals surface area contributed by atoms with Crippen molar-refractivity contribution in [3.05, 3.63) is 0 Å². The topological polar surface area (TPSA) is 32.5 Å². The average Bonchev–Trinajstić information content (AvgIpc) is 2.73. The van der Waals surface area contributed by atoms with Gasteiger partial charge in [0.15, 0.2) is 0 Å². The molecule has 106 valence electrons. The first kappa shape index (κ1) is 14.3. The Morgan fingerprint density at radius 1 is 1.17 bits per heavy atom. The van der Waals surface area contributed by atoms with Gasteiger partial charge in [-0.3, -0.25) is 9.80 Å². The molecule has 0 amide bonds. The van der Waals surface area contributed by atoms with Gasteiger partial charge in [-0.2, -0.15) is 0 Å².